The molecule has 55 heavy (non-hydrogen) atoms. The number of hydrogen-bond acceptors (Lipinski definition) is 7. The standard InChI is InChI=1S/C45H69O9P/c1-3-5-7-8-9-10-11-12-13-14-15-16-17-18-23-26-29-32-35-39-45(48)54-43(41-53-55(49,50)51)40-52-44(47)38-34-31-28-25-22-20-19-21-24-27-30-33-37-42(46)36-6-4-2/h5,7,9-10,12-13,15-16,18-20,23-25,27-29,32-33,37,42-43,46H,3-4,6,8,11,14,17,21-22,26,30-31,34-36,38-41H2,1-2H3,(H2,49,50,51)/b7-5-,10-9-,13-12-,16-15-,20-19-,23-18-,27-24-,28-25-,32-29-,37-33-/t42-,43+/m0/s1. The highest BCUT2D eigenvalue weighted by Gasteiger charge is 2.22. The summed E-state index contributed by atoms with van der Waals surface area (Å²) in [5, 5.41) is 9.79. The van der Waals surface area contributed by atoms with Crippen LogP contribution in [0, 0.1) is 0 Å². The van der Waals surface area contributed by atoms with E-state index in [1.165, 1.54) is 0 Å². The number of aliphatic hydroxyl groups excluding tert-OH is 1. The molecule has 0 aliphatic rings. The van der Waals surface area contributed by atoms with Crippen LogP contribution in [0.1, 0.15) is 123 Å². The maximum Gasteiger partial charge on any atom is 0.469 e. The molecule has 0 radical (unpaired) electrons. The average molecular weight is 785 g/mol. The van der Waals surface area contributed by atoms with Gasteiger partial charge in [0.25, 0.3) is 0 Å². The molecule has 0 saturated carbocycles. The van der Waals surface area contributed by atoms with Gasteiger partial charge in [-0.25, -0.2) is 4.57 Å². The summed E-state index contributed by atoms with van der Waals surface area (Å²) in [6.07, 6.45) is 52.7. The molecule has 308 valence electrons. The Morgan fingerprint density at radius 3 is 1.49 bits per heavy atom. The third kappa shape index (κ3) is 41.4. The van der Waals surface area contributed by atoms with E-state index in [9.17, 15) is 19.3 Å². The van der Waals surface area contributed by atoms with Gasteiger partial charge >= 0.3 is 19.8 Å². The second kappa shape index (κ2) is 38.7. The lowest BCUT2D eigenvalue weighted by molar-refractivity contribution is -0.161. The van der Waals surface area contributed by atoms with Gasteiger partial charge in [-0.05, 0) is 83.5 Å². The molecule has 0 unspecified atom stereocenters. The Morgan fingerprint density at radius 1 is 0.564 bits per heavy atom. The molecule has 0 saturated heterocycles. The van der Waals surface area contributed by atoms with Crippen LogP contribution < -0.4 is 0 Å². The topological polar surface area (TPSA) is 140 Å². The van der Waals surface area contributed by atoms with Crippen molar-refractivity contribution in [1.82, 2.24) is 0 Å². The molecule has 0 aliphatic heterocycles. The molecule has 0 aromatic heterocycles. The third-order valence-electron chi connectivity index (χ3n) is 7.55. The van der Waals surface area contributed by atoms with E-state index >= 15 is 0 Å². The molecule has 0 aromatic rings. The van der Waals surface area contributed by atoms with Gasteiger partial charge in [-0.1, -0.05) is 148 Å². The molecule has 10 heteroatoms. The number of allylic oxidation sites excluding steroid dienone is 19. The second-order valence-corrected chi connectivity index (χ2v) is 13.9. The lowest BCUT2D eigenvalue weighted by Crippen LogP contribution is -2.29. The fourth-order valence-corrected chi connectivity index (χ4v) is 4.94. The molecule has 9 nitrogen and oxygen atoms in total. The van der Waals surface area contributed by atoms with Crippen molar-refractivity contribution in [3.63, 3.8) is 0 Å². The number of aliphatic hydroxyl groups is 1. The van der Waals surface area contributed by atoms with E-state index in [4.69, 9.17) is 19.3 Å². The van der Waals surface area contributed by atoms with Gasteiger partial charge < -0.3 is 24.4 Å². The van der Waals surface area contributed by atoms with Crippen LogP contribution in [0.2, 0.25) is 0 Å². The smallest absolute Gasteiger partial charge is 0.462 e. The number of phosphoric acid groups is 1. The molecule has 0 bridgehead atoms. The van der Waals surface area contributed by atoms with Crippen molar-refractivity contribution < 1.29 is 43.0 Å². The molecule has 0 aromatic carbocycles. The van der Waals surface area contributed by atoms with Crippen molar-refractivity contribution >= 4 is 19.8 Å². The van der Waals surface area contributed by atoms with Crippen molar-refractivity contribution in [2.45, 2.75) is 135 Å². The van der Waals surface area contributed by atoms with Crippen molar-refractivity contribution in [2.75, 3.05) is 13.2 Å². The predicted octanol–water partition coefficient (Wildman–Crippen LogP) is 11.1. The van der Waals surface area contributed by atoms with Gasteiger partial charge in [-0.2, -0.15) is 0 Å². The van der Waals surface area contributed by atoms with Gasteiger partial charge in [-0.3, -0.25) is 14.1 Å². The van der Waals surface area contributed by atoms with Crippen LogP contribution in [-0.2, 0) is 28.2 Å². The number of esters is 2. The number of ether oxygens (including phenoxy) is 2. The van der Waals surface area contributed by atoms with Crippen LogP contribution in [0.25, 0.3) is 0 Å². The first-order chi connectivity index (χ1) is 26.7. The van der Waals surface area contributed by atoms with Crippen molar-refractivity contribution in [3.8, 4) is 0 Å². The van der Waals surface area contributed by atoms with Crippen LogP contribution in [0.3, 0.4) is 0 Å². The van der Waals surface area contributed by atoms with E-state index in [0.29, 0.717) is 19.3 Å². The molecular weight excluding hydrogens is 715 g/mol. The summed E-state index contributed by atoms with van der Waals surface area (Å²) in [6, 6.07) is 0. The Bertz CT molecular complexity index is 1310. The highest BCUT2D eigenvalue weighted by molar-refractivity contribution is 7.46. The highest BCUT2D eigenvalue weighted by Crippen LogP contribution is 2.35. The highest BCUT2D eigenvalue weighted by atomic mass is 31.2. The van der Waals surface area contributed by atoms with E-state index in [-0.39, 0.29) is 25.6 Å². The molecule has 0 amide bonds. The lowest BCUT2D eigenvalue weighted by atomic mass is 10.1. The fourth-order valence-electron chi connectivity index (χ4n) is 4.58. The summed E-state index contributed by atoms with van der Waals surface area (Å²) >= 11 is 0. The third-order valence-corrected chi connectivity index (χ3v) is 8.03. The van der Waals surface area contributed by atoms with Gasteiger partial charge in [0.2, 0.25) is 0 Å². The van der Waals surface area contributed by atoms with Gasteiger partial charge in [-0.15, -0.1) is 0 Å². The molecule has 0 fully saturated rings. The van der Waals surface area contributed by atoms with E-state index in [0.717, 1.165) is 77.0 Å². The maximum absolute atomic E-state index is 12.4. The Hall–Kier alpha value is -3.59. The molecular formula is C45H69O9P. The van der Waals surface area contributed by atoms with Crippen molar-refractivity contribution in [3.05, 3.63) is 122 Å². The Balaban J connectivity index is 4.23. The Labute approximate surface area is 331 Å². The summed E-state index contributed by atoms with van der Waals surface area (Å²) in [5.74, 6) is -1.09. The summed E-state index contributed by atoms with van der Waals surface area (Å²) in [7, 11) is -4.80. The number of phosphoric ester groups is 1. The molecule has 0 spiro atoms. The van der Waals surface area contributed by atoms with E-state index in [1.807, 2.05) is 36.5 Å². The SMILES string of the molecule is CC/C=C\C/C=C\C/C=C\C/C=C\C/C=C\C/C=C\CCC(=O)O[C@H](COC(=O)CCC/C=C\C/C=C\C/C=C\C/C=C\[C@@H](O)CCCC)COP(=O)(O)O. The number of carbonyl (C=O) groups is 2. The lowest BCUT2D eigenvalue weighted by Gasteiger charge is -2.18. The molecule has 0 aliphatic carbocycles. The van der Waals surface area contributed by atoms with Crippen molar-refractivity contribution in [2.24, 2.45) is 0 Å². The second-order valence-electron chi connectivity index (χ2n) is 12.7. The van der Waals surface area contributed by atoms with Crippen LogP contribution >= 0.6 is 7.82 Å². The van der Waals surface area contributed by atoms with Crippen molar-refractivity contribution in [1.29, 1.82) is 0 Å². The van der Waals surface area contributed by atoms with Gasteiger partial charge in [0.15, 0.2) is 6.10 Å². The zero-order valence-electron chi connectivity index (χ0n) is 33.4. The molecule has 0 rings (SSSR count). The van der Waals surface area contributed by atoms with Gasteiger partial charge in [0, 0.05) is 12.8 Å². The normalized spacial score (nSPS) is 14.3. The quantitative estimate of drug-likeness (QED) is 0.0252. The minimum Gasteiger partial charge on any atom is -0.462 e. The molecule has 2 atom stereocenters. The Kier molecular flexibility index (Phi) is 36.2. The number of carbonyl (C=O) groups excluding carboxylic acids is 2. The number of rotatable bonds is 34. The zero-order valence-corrected chi connectivity index (χ0v) is 34.3. The molecule has 0 heterocycles. The van der Waals surface area contributed by atoms with Gasteiger partial charge in [0.05, 0.1) is 12.7 Å². The summed E-state index contributed by atoms with van der Waals surface area (Å²) < 4.78 is 26.2. The average Bonchev–Trinajstić information content (AvgIpc) is 3.15. The molecule has 3 N–H and O–H groups in total. The van der Waals surface area contributed by atoms with Crippen LogP contribution in [0.15, 0.2) is 122 Å². The Morgan fingerprint density at radius 2 is 1.02 bits per heavy atom. The zero-order chi connectivity index (χ0) is 40.5. The van der Waals surface area contributed by atoms with E-state index in [2.05, 4.69) is 103 Å². The van der Waals surface area contributed by atoms with Crippen LogP contribution in [0.4, 0.5) is 0 Å². The fraction of sp³-hybridized carbons (Fsp3) is 0.511. The predicted molar refractivity (Wildman–Crippen MR) is 226 cm³/mol. The monoisotopic (exact) mass is 784 g/mol. The number of unbranched alkanes of at least 4 members (excludes halogenated alkanes) is 2. The van der Waals surface area contributed by atoms with Gasteiger partial charge in [0.1, 0.15) is 6.61 Å². The van der Waals surface area contributed by atoms with E-state index < -0.39 is 32.5 Å². The minimum absolute atomic E-state index is 0.0589. The summed E-state index contributed by atoms with van der Waals surface area (Å²) in [6.45, 7) is 3.28. The van der Waals surface area contributed by atoms with Crippen LogP contribution in [-0.4, -0.2) is 52.3 Å². The first kappa shape index (κ1) is 51.4. The first-order valence-electron chi connectivity index (χ1n) is 19.9. The largest absolute Gasteiger partial charge is 0.469 e. The van der Waals surface area contributed by atoms with Crippen LogP contribution in [0.5, 0.6) is 0 Å². The summed E-state index contributed by atoms with van der Waals surface area (Å²) in [4.78, 5) is 42.7. The van der Waals surface area contributed by atoms with E-state index in [1.54, 1.807) is 0 Å². The first-order valence-corrected chi connectivity index (χ1v) is 21.5. The summed E-state index contributed by atoms with van der Waals surface area (Å²) in [5.41, 5.74) is 0. The minimum atomic E-state index is -4.80. The maximum atomic E-state index is 12.4. The number of hydrogen-bond donors (Lipinski definition) is 3.